The molecule has 0 aromatic rings. The fraction of sp³-hybridized carbons (Fsp3) is 0.938. The number of rotatable bonds is 6. The number of likely N-dealkylation sites (tertiary alicyclic amines) is 2. The van der Waals surface area contributed by atoms with E-state index in [1.165, 1.54) is 58.3 Å². The largest absolute Gasteiger partial charge is 0.368 e. The Morgan fingerprint density at radius 1 is 1.14 bits per heavy atom. The summed E-state index contributed by atoms with van der Waals surface area (Å²) in [5.41, 5.74) is 10.3. The highest BCUT2D eigenvalue weighted by molar-refractivity contribution is 5.83. The van der Waals surface area contributed by atoms with Crippen LogP contribution in [0.5, 0.6) is 0 Å². The molecule has 2 heterocycles. The monoisotopic (exact) mass is 296 g/mol. The van der Waals surface area contributed by atoms with Crippen molar-refractivity contribution in [3.8, 4) is 0 Å². The summed E-state index contributed by atoms with van der Waals surface area (Å²) in [4.78, 5) is 16.4. The predicted octanol–water partition coefficient (Wildman–Crippen LogP) is 0.920. The van der Waals surface area contributed by atoms with Crippen LogP contribution in [0.25, 0.3) is 0 Å². The van der Waals surface area contributed by atoms with Crippen molar-refractivity contribution in [3.63, 3.8) is 0 Å². The molecule has 4 N–H and O–H groups in total. The van der Waals surface area contributed by atoms with Crippen molar-refractivity contribution in [2.24, 2.45) is 11.5 Å². The standard InChI is InChI=1S/C16H32N4O/c1-16(18,15(17)21)8-5-9-19-12-6-14(7-13-19)20-10-3-2-4-11-20/h14H,2-13,18H2,1H3,(H2,17,21). The summed E-state index contributed by atoms with van der Waals surface area (Å²) in [5.74, 6) is -0.397. The van der Waals surface area contributed by atoms with Gasteiger partial charge in [-0.15, -0.1) is 0 Å². The van der Waals surface area contributed by atoms with Crippen molar-refractivity contribution >= 4 is 5.91 Å². The molecule has 0 radical (unpaired) electrons. The fourth-order valence-corrected chi connectivity index (χ4v) is 3.58. The van der Waals surface area contributed by atoms with Crippen LogP contribution >= 0.6 is 0 Å². The van der Waals surface area contributed by atoms with Crippen LogP contribution in [0.2, 0.25) is 0 Å². The molecule has 5 nitrogen and oxygen atoms in total. The lowest BCUT2D eigenvalue weighted by atomic mass is 9.95. The minimum Gasteiger partial charge on any atom is -0.368 e. The van der Waals surface area contributed by atoms with E-state index in [1.807, 2.05) is 0 Å². The van der Waals surface area contributed by atoms with Gasteiger partial charge in [0.1, 0.15) is 0 Å². The van der Waals surface area contributed by atoms with Crippen molar-refractivity contribution < 1.29 is 4.79 Å². The number of hydrogen-bond donors (Lipinski definition) is 2. The molecule has 2 fully saturated rings. The lowest BCUT2D eigenvalue weighted by Crippen LogP contribution is -2.50. The van der Waals surface area contributed by atoms with E-state index in [0.29, 0.717) is 6.42 Å². The molecule has 2 rings (SSSR count). The maximum absolute atomic E-state index is 11.2. The molecule has 0 bridgehead atoms. The molecule has 0 aliphatic carbocycles. The van der Waals surface area contributed by atoms with Gasteiger partial charge in [-0.25, -0.2) is 0 Å². The molecular formula is C16H32N4O. The van der Waals surface area contributed by atoms with Crippen LogP contribution in [0.15, 0.2) is 0 Å². The van der Waals surface area contributed by atoms with E-state index in [-0.39, 0.29) is 0 Å². The first kappa shape index (κ1) is 16.7. The third-order valence-electron chi connectivity index (χ3n) is 5.20. The average Bonchev–Trinajstić information content (AvgIpc) is 2.48. The summed E-state index contributed by atoms with van der Waals surface area (Å²) in [6, 6.07) is 0.798. The molecule has 21 heavy (non-hydrogen) atoms. The molecule has 2 aliphatic rings. The van der Waals surface area contributed by atoms with Crippen LogP contribution in [0.3, 0.4) is 0 Å². The van der Waals surface area contributed by atoms with Crippen molar-refractivity contribution in [2.45, 2.75) is 63.5 Å². The quantitative estimate of drug-likeness (QED) is 0.764. The summed E-state index contributed by atoms with van der Waals surface area (Å²) in [7, 11) is 0. The minimum absolute atomic E-state index is 0.397. The molecule has 1 unspecified atom stereocenters. The summed E-state index contributed by atoms with van der Waals surface area (Å²) < 4.78 is 0. The Bertz CT molecular complexity index is 331. The van der Waals surface area contributed by atoms with E-state index in [9.17, 15) is 4.79 Å². The SMILES string of the molecule is CC(N)(CCCN1CCC(N2CCCCC2)CC1)C(N)=O. The van der Waals surface area contributed by atoms with Gasteiger partial charge in [0, 0.05) is 6.04 Å². The van der Waals surface area contributed by atoms with Crippen molar-refractivity contribution in [2.75, 3.05) is 32.7 Å². The molecule has 5 heteroatoms. The second-order valence-corrected chi connectivity index (χ2v) is 7.05. The molecule has 0 spiro atoms. The summed E-state index contributed by atoms with van der Waals surface area (Å²) >= 11 is 0. The Hall–Kier alpha value is -0.650. The van der Waals surface area contributed by atoms with Gasteiger partial charge in [-0.2, -0.15) is 0 Å². The second-order valence-electron chi connectivity index (χ2n) is 7.05. The van der Waals surface area contributed by atoms with Crippen LogP contribution < -0.4 is 11.5 Å². The Labute approximate surface area is 129 Å². The maximum Gasteiger partial charge on any atom is 0.237 e. The van der Waals surface area contributed by atoms with Gasteiger partial charge in [0.15, 0.2) is 0 Å². The molecule has 0 saturated carbocycles. The Balaban J connectivity index is 1.64. The smallest absolute Gasteiger partial charge is 0.237 e. The first-order chi connectivity index (χ1) is 9.99. The summed E-state index contributed by atoms with van der Waals surface area (Å²) in [5, 5.41) is 0. The van der Waals surface area contributed by atoms with Crippen LogP contribution in [0.4, 0.5) is 0 Å². The first-order valence-corrected chi connectivity index (χ1v) is 8.54. The molecular weight excluding hydrogens is 264 g/mol. The van der Waals surface area contributed by atoms with E-state index >= 15 is 0 Å². The molecule has 2 saturated heterocycles. The number of carbonyl (C=O) groups excluding carboxylic acids is 1. The molecule has 2 aliphatic heterocycles. The molecule has 122 valence electrons. The van der Waals surface area contributed by atoms with Gasteiger partial charge in [0.05, 0.1) is 5.54 Å². The Morgan fingerprint density at radius 2 is 1.76 bits per heavy atom. The zero-order valence-electron chi connectivity index (χ0n) is 13.5. The van der Waals surface area contributed by atoms with E-state index in [4.69, 9.17) is 11.5 Å². The number of primary amides is 1. The number of hydrogen-bond acceptors (Lipinski definition) is 4. The zero-order chi connectivity index (χ0) is 15.3. The van der Waals surface area contributed by atoms with E-state index in [1.54, 1.807) is 6.92 Å². The summed E-state index contributed by atoms with van der Waals surface area (Å²) in [6.45, 7) is 7.73. The number of nitrogens with two attached hydrogens (primary N) is 2. The van der Waals surface area contributed by atoms with Crippen LogP contribution in [-0.4, -0.2) is 60.0 Å². The van der Waals surface area contributed by atoms with Crippen LogP contribution in [0.1, 0.15) is 51.9 Å². The van der Waals surface area contributed by atoms with Gasteiger partial charge in [-0.3, -0.25) is 4.79 Å². The fourth-order valence-electron chi connectivity index (χ4n) is 3.58. The number of piperidine rings is 2. The van der Waals surface area contributed by atoms with Gasteiger partial charge >= 0.3 is 0 Å². The lowest BCUT2D eigenvalue weighted by molar-refractivity contribution is -0.122. The highest BCUT2D eigenvalue weighted by Crippen LogP contribution is 2.21. The van der Waals surface area contributed by atoms with Gasteiger partial charge in [-0.1, -0.05) is 6.42 Å². The maximum atomic E-state index is 11.2. The molecule has 0 aromatic heterocycles. The van der Waals surface area contributed by atoms with Gasteiger partial charge in [0.25, 0.3) is 0 Å². The highest BCUT2D eigenvalue weighted by atomic mass is 16.1. The molecule has 1 atom stereocenters. The Kier molecular flexibility index (Phi) is 6.02. The zero-order valence-corrected chi connectivity index (χ0v) is 13.5. The van der Waals surface area contributed by atoms with E-state index in [2.05, 4.69) is 9.80 Å². The van der Waals surface area contributed by atoms with Crippen molar-refractivity contribution in [1.29, 1.82) is 0 Å². The Morgan fingerprint density at radius 3 is 2.33 bits per heavy atom. The van der Waals surface area contributed by atoms with Gasteiger partial charge in [-0.05, 0) is 78.2 Å². The summed E-state index contributed by atoms with van der Waals surface area (Å²) in [6.07, 6.45) is 8.36. The van der Waals surface area contributed by atoms with E-state index in [0.717, 1.165) is 19.0 Å². The van der Waals surface area contributed by atoms with E-state index < -0.39 is 11.4 Å². The number of amides is 1. The van der Waals surface area contributed by atoms with Crippen LogP contribution in [-0.2, 0) is 4.79 Å². The van der Waals surface area contributed by atoms with Crippen molar-refractivity contribution in [3.05, 3.63) is 0 Å². The van der Waals surface area contributed by atoms with Gasteiger partial charge < -0.3 is 21.3 Å². The topological polar surface area (TPSA) is 75.6 Å². The second kappa shape index (κ2) is 7.56. The van der Waals surface area contributed by atoms with Gasteiger partial charge in [0.2, 0.25) is 5.91 Å². The minimum atomic E-state index is -0.855. The van der Waals surface area contributed by atoms with Crippen molar-refractivity contribution in [1.82, 2.24) is 9.80 Å². The molecule has 1 amide bonds. The lowest BCUT2D eigenvalue weighted by Gasteiger charge is -2.40. The third-order valence-corrected chi connectivity index (χ3v) is 5.20. The molecule has 0 aromatic carbocycles. The predicted molar refractivity (Wildman–Crippen MR) is 85.9 cm³/mol. The van der Waals surface area contributed by atoms with Crippen LogP contribution in [0, 0.1) is 0 Å². The normalized spacial score (nSPS) is 25.6. The average molecular weight is 296 g/mol. The number of carbonyl (C=O) groups is 1. The third kappa shape index (κ3) is 4.94. The highest BCUT2D eigenvalue weighted by Gasteiger charge is 2.27. The number of nitrogens with zero attached hydrogens (tertiary/aromatic N) is 2. The first-order valence-electron chi connectivity index (χ1n) is 8.54.